The molecule has 0 saturated carbocycles. The van der Waals surface area contributed by atoms with Crippen LogP contribution < -0.4 is 10.6 Å². The number of rotatable bonds is 7. The Hall–Kier alpha value is -3.15. The van der Waals surface area contributed by atoms with Crippen molar-refractivity contribution in [3.8, 4) is 0 Å². The lowest BCUT2D eigenvalue weighted by Gasteiger charge is -2.19. The van der Waals surface area contributed by atoms with Gasteiger partial charge in [-0.3, -0.25) is 4.79 Å². The van der Waals surface area contributed by atoms with Crippen LogP contribution in [-0.4, -0.2) is 26.5 Å². The van der Waals surface area contributed by atoms with Crippen molar-refractivity contribution < 1.29 is 4.79 Å². The molecule has 2 N–H and O–H groups in total. The molecule has 6 heteroatoms. The first kappa shape index (κ1) is 18.6. The normalized spacial score (nSPS) is 11.8. The first-order valence-corrected chi connectivity index (χ1v) is 9.02. The van der Waals surface area contributed by atoms with Crippen LogP contribution in [0.5, 0.6) is 0 Å². The molecule has 140 valence electrons. The summed E-state index contributed by atoms with van der Waals surface area (Å²) in [5, 5.41) is 6.23. The number of aryl methyl sites for hydroxylation is 3. The summed E-state index contributed by atoms with van der Waals surface area (Å²) < 4.78 is 1.99. The van der Waals surface area contributed by atoms with E-state index in [9.17, 15) is 4.79 Å². The van der Waals surface area contributed by atoms with Crippen LogP contribution in [0.25, 0.3) is 0 Å². The van der Waals surface area contributed by atoms with Crippen molar-refractivity contribution in [1.29, 1.82) is 0 Å². The molecule has 2 heterocycles. The summed E-state index contributed by atoms with van der Waals surface area (Å²) in [6.45, 7) is 4.31. The van der Waals surface area contributed by atoms with Gasteiger partial charge in [-0.2, -0.15) is 0 Å². The van der Waals surface area contributed by atoms with Gasteiger partial charge in [0.1, 0.15) is 6.04 Å². The summed E-state index contributed by atoms with van der Waals surface area (Å²) in [7, 11) is 1.96. The van der Waals surface area contributed by atoms with E-state index < -0.39 is 6.04 Å². The summed E-state index contributed by atoms with van der Waals surface area (Å²) in [6.07, 6.45) is 2.51. The van der Waals surface area contributed by atoms with Gasteiger partial charge >= 0.3 is 0 Å². The lowest BCUT2D eigenvalue weighted by molar-refractivity contribution is -0.122. The Bertz CT molecular complexity index is 884. The first-order valence-electron chi connectivity index (χ1n) is 9.02. The van der Waals surface area contributed by atoms with Crippen molar-refractivity contribution in [2.24, 2.45) is 7.05 Å². The Labute approximate surface area is 159 Å². The number of benzene rings is 1. The molecule has 0 saturated heterocycles. The molecule has 1 amide bonds. The van der Waals surface area contributed by atoms with Crippen LogP contribution in [0.15, 0.2) is 54.7 Å². The number of carbonyl (C=O) groups is 1. The van der Waals surface area contributed by atoms with E-state index >= 15 is 0 Å². The molecule has 0 radical (unpaired) electrons. The van der Waals surface area contributed by atoms with Crippen molar-refractivity contribution in [3.63, 3.8) is 0 Å². The molecule has 3 rings (SSSR count). The standard InChI is InChI=1S/C21H25N5O/c1-15-12-16(2)24-21(23-15)25-19(13-17-8-5-4-6-9-17)20(27)22-14-18-10-7-11-26(18)3/h4-12,19H,13-14H2,1-3H3,(H,22,27)(H,23,24,25). The minimum absolute atomic E-state index is 0.0807. The predicted octanol–water partition coefficient (Wildman–Crippen LogP) is 2.77. The van der Waals surface area contributed by atoms with Crippen LogP contribution in [0.4, 0.5) is 5.95 Å². The minimum Gasteiger partial charge on any atom is -0.353 e. The molecular weight excluding hydrogens is 338 g/mol. The topological polar surface area (TPSA) is 71.8 Å². The number of nitrogens with zero attached hydrogens (tertiary/aromatic N) is 3. The second-order valence-electron chi connectivity index (χ2n) is 6.69. The van der Waals surface area contributed by atoms with E-state index in [2.05, 4.69) is 20.6 Å². The summed E-state index contributed by atoms with van der Waals surface area (Å²) in [4.78, 5) is 21.7. The van der Waals surface area contributed by atoms with Crippen molar-refractivity contribution in [3.05, 3.63) is 77.4 Å². The van der Waals surface area contributed by atoms with E-state index in [1.807, 2.05) is 80.2 Å². The maximum Gasteiger partial charge on any atom is 0.243 e. The number of aromatic nitrogens is 3. The average molecular weight is 363 g/mol. The summed E-state index contributed by atoms with van der Waals surface area (Å²) in [5.74, 6) is 0.394. The van der Waals surface area contributed by atoms with Gasteiger partial charge in [-0.15, -0.1) is 0 Å². The van der Waals surface area contributed by atoms with E-state index in [1.54, 1.807) is 0 Å². The Kier molecular flexibility index (Phi) is 5.86. The van der Waals surface area contributed by atoms with Crippen molar-refractivity contribution >= 4 is 11.9 Å². The Balaban J connectivity index is 1.75. The van der Waals surface area contributed by atoms with Crippen LogP contribution in [0.3, 0.4) is 0 Å². The Morgan fingerprint density at radius 2 is 1.78 bits per heavy atom. The molecule has 0 aliphatic heterocycles. The molecule has 0 aliphatic rings. The highest BCUT2D eigenvalue weighted by molar-refractivity contribution is 5.84. The molecular formula is C21H25N5O. The van der Waals surface area contributed by atoms with Gasteiger partial charge in [0.2, 0.25) is 11.9 Å². The predicted molar refractivity (Wildman–Crippen MR) is 106 cm³/mol. The van der Waals surface area contributed by atoms with E-state index in [4.69, 9.17) is 0 Å². The van der Waals surface area contributed by atoms with E-state index in [-0.39, 0.29) is 5.91 Å². The highest BCUT2D eigenvalue weighted by Crippen LogP contribution is 2.10. The van der Waals surface area contributed by atoms with Gasteiger partial charge in [0.05, 0.1) is 6.54 Å². The molecule has 1 unspecified atom stereocenters. The quantitative estimate of drug-likeness (QED) is 0.677. The van der Waals surface area contributed by atoms with Gasteiger partial charge in [0.25, 0.3) is 0 Å². The molecule has 0 spiro atoms. The number of carbonyl (C=O) groups excluding carboxylic acids is 1. The van der Waals surface area contributed by atoms with E-state index in [1.165, 1.54) is 0 Å². The molecule has 1 aromatic carbocycles. The molecule has 0 fully saturated rings. The molecule has 0 aliphatic carbocycles. The highest BCUT2D eigenvalue weighted by atomic mass is 16.2. The van der Waals surface area contributed by atoms with Crippen molar-refractivity contribution in [2.75, 3.05) is 5.32 Å². The third kappa shape index (κ3) is 5.17. The van der Waals surface area contributed by atoms with Gasteiger partial charge in [0, 0.05) is 36.7 Å². The van der Waals surface area contributed by atoms with Gasteiger partial charge in [-0.1, -0.05) is 30.3 Å². The number of nitrogens with one attached hydrogen (secondary N) is 2. The lowest BCUT2D eigenvalue weighted by Crippen LogP contribution is -2.41. The first-order chi connectivity index (χ1) is 13.0. The van der Waals surface area contributed by atoms with Crippen LogP contribution >= 0.6 is 0 Å². The third-order valence-corrected chi connectivity index (χ3v) is 4.38. The Morgan fingerprint density at radius 1 is 1.07 bits per heavy atom. The van der Waals surface area contributed by atoms with Crippen LogP contribution in [0.2, 0.25) is 0 Å². The van der Waals surface area contributed by atoms with Crippen LogP contribution in [-0.2, 0) is 24.8 Å². The molecule has 1 atom stereocenters. The fraction of sp³-hybridized carbons (Fsp3) is 0.286. The fourth-order valence-corrected chi connectivity index (χ4v) is 2.99. The Morgan fingerprint density at radius 3 is 2.41 bits per heavy atom. The monoisotopic (exact) mass is 363 g/mol. The van der Waals surface area contributed by atoms with Gasteiger partial charge in [-0.05, 0) is 37.6 Å². The average Bonchev–Trinajstić information content (AvgIpc) is 3.04. The second kappa shape index (κ2) is 8.49. The van der Waals surface area contributed by atoms with Crippen molar-refractivity contribution in [2.45, 2.75) is 32.9 Å². The molecule has 2 aromatic heterocycles. The molecule has 0 bridgehead atoms. The van der Waals surface area contributed by atoms with Gasteiger partial charge in [0.15, 0.2) is 0 Å². The maximum absolute atomic E-state index is 12.9. The minimum atomic E-state index is -0.464. The van der Waals surface area contributed by atoms with E-state index in [0.29, 0.717) is 18.9 Å². The van der Waals surface area contributed by atoms with Gasteiger partial charge < -0.3 is 15.2 Å². The summed E-state index contributed by atoms with van der Waals surface area (Å²) in [5.41, 5.74) is 3.86. The van der Waals surface area contributed by atoms with Crippen molar-refractivity contribution in [1.82, 2.24) is 19.9 Å². The van der Waals surface area contributed by atoms with Gasteiger partial charge in [-0.25, -0.2) is 9.97 Å². The second-order valence-corrected chi connectivity index (χ2v) is 6.69. The zero-order chi connectivity index (χ0) is 19.2. The fourth-order valence-electron chi connectivity index (χ4n) is 2.99. The summed E-state index contributed by atoms with van der Waals surface area (Å²) >= 11 is 0. The highest BCUT2D eigenvalue weighted by Gasteiger charge is 2.20. The van der Waals surface area contributed by atoms with Crippen LogP contribution in [0.1, 0.15) is 22.6 Å². The number of hydrogen-bond acceptors (Lipinski definition) is 4. The lowest BCUT2D eigenvalue weighted by atomic mass is 10.1. The SMILES string of the molecule is Cc1cc(C)nc(NC(Cc2ccccc2)C(=O)NCc2cccn2C)n1. The maximum atomic E-state index is 12.9. The van der Waals surface area contributed by atoms with E-state index in [0.717, 1.165) is 22.6 Å². The van der Waals surface area contributed by atoms with Crippen LogP contribution in [0, 0.1) is 13.8 Å². The third-order valence-electron chi connectivity index (χ3n) is 4.38. The zero-order valence-electron chi connectivity index (χ0n) is 15.9. The number of amides is 1. The molecule has 3 aromatic rings. The smallest absolute Gasteiger partial charge is 0.243 e. The number of hydrogen-bond donors (Lipinski definition) is 2. The molecule has 6 nitrogen and oxygen atoms in total. The largest absolute Gasteiger partial charge is 0.353 e. The molecule has 27 heavy (non-hydrogen) atoms. The zero-order valence-corrected chi connectivity index (χ0v) is 15.9. The number of anilines is 1. The summed E-state index contributed by atoms with van der Waals surface area (Å²) in [6, 6.07) is 15.3.